The molecule has 27 heavy (non-hydrogen) atoms. The number of rotatable bonds is 6. The van der Waals surface area contributed by atoms with Gasteiger partial charge in [0.15, 0.2) is 0 Å². The van der Waals surface area contributed by atoms with Crippen LogP contribution in [0.1, 0.15) is 51.5 Å². The van der Waals surface area contributed by atoms with Crippen molar-refractivity contribution in [3.05, 3.63) is 29.8 Å². The van der Waals surface area contributed by atoms with Gasteiger partial charge in [-0.1, -0.05) is 19.9 Å². The number of benzene rings is 1. The number of anilines is 1. The summed E-state index contributed by atoms with van der Waals surface area (Å²) in [5, 5.41) is 5.52. The first-order chi connectivity index (χ1) is 12.7. The number of carbonyl (C=O) groups excluding carboxylic acids is 2. The van der Waals surface area contributed by atoms with Gasteiger partial charge in [-0.05, 0) is 56.2 Å². The Labute approximate surface area is 157 Å². The zero-order valence-corrected chi connectivity index (χ0v) is 15.7. The van der Waals surface area contributed by atoms with Gasteiger partial charge in [0.25, 0.3) is 0 Å². The molecule has 1 aliphatic carbocycles. The Bertz CT molecular complexity index is 651. The highest BCUT2D eigenvalue weighted by Gasteiger charge is 2.32. The number of carbonyl (C=O) groups is 2. The number of hydrogen-bond acceptors (Lipinski definition) is 2. The van der Waals surface area contributed by atoms with Gasteiger partial charge in [0.2, 0.25) is 11.8 Å². The molecule has 0 unspecified atom stereocenters. The first kappa shape index (κ1) is 21.3. The van der Waals surface area contributed by atoms with Crippen LogP contribution < -0.4 is 10.6 Å². The molecule has 0 bridgehead atoms. The van der Waals surface area contributed by atoms with Gasteiger partial charge in [0, 0.05) is 24.1 Å². The summed E-state index contributed by atoms with van der Waals surface area (Å²) in [5.74, 6) is -0.0880. The molecule has 1 aliphatic rings. The molecule has 0 heterocycles. The molecule has 150 valence electrons. The second-order valence-electron chi connectivity index (χ2n) is 7.59. The summed E-state index contributed by atoms with van der Waals surface area (Å²) in [6.45, 7) is 4.85. The third-order valence-electron chi connectivity index (χ3n) is 4.95. The number of amides is 2. The number of alkyl halides is 3. The molecule has 1 saturated carbocycles. The molecule has 0 saturated heterocycles. The molecule has 0 atom stereocenters. The Kier molecular flexibility index (Phi) is 7.27. The van der Waals surface area contributed by atoms with Crippen LogP contribution in [-0.2, 0) is 15.8 Å². The van der Waals surface area contributed by atoms with E-state index in [2.05, 4.69) is 24.5 Å². The molecule has 1 aromatic rings. The van der Waals surface area contributed by atoms with E-state index in [4.69, 9.17) is 0 Å². The molecule has 0 radical (unpaired) electrons. The fraction of sp³-hybridized carbons (Fsp3) is 0.600. The standard InChI is InChI=1S/C20H27F3N2O2/c1-13(2)10-11-24-18(26)14-6-8-15(9-7-14)19(27)25-17-5-3-4-16(12-17)20(21,22)23/h3-5,12-15H,6-11H2,1-2H3,(H,24,26)(H,25,27). The highest BCUT2D eigenvalue weighted by molar-refractivity contribution is 5.92. The van der Waals surface area contributed by atoms with Crippen LogP contribution in [0.25, 0.3) is 0 Å². The van der Waals surface area contributed by atoms with Crippen molar-refractivity contribution in [3.8, 4) is 0 Å². The Morgan fingerprint density at radius 2 is 1.67 bits per heavy atom. The van der Waals surface area contributed by atoms with E-state index >= 15 is 0 Å². The number of halogens is 3. The second-order valence-corrected chi connectivity index (χ2v) is 7.59. The number of hydrogen-bond donors (Lipinski definition) is 2. The Hall–Kier alpha value is -2.05. The first-order valence-corrected chi connectivity index (χ1v) is 9.42. The summed E-state index contributed by atoms with van der Waals surface area (Å²) in [6.07, 6.45) is -1.15. The van der Waals surface area contributed by atoms with Crippen LogP contribution in [0.4, 0.5) is 18.9 Å². The van der Waals surface area contributed by atoms with Crippen LogP contribution in [0.2, 0.25) is 0 Å². The molecule has 2 N–H and O–H groups in total. The third kappa shape index (κ3) is 6.56. The Morgan fingerprint density at radius 1 is 1.07 bits per heavy atom. The van der Waals surface area contributed by atoms with Crippen LogP contribution in [0.5, 0.6) is 0 Å². The van der Waals surface area contributed by atoms with Crippen molar-refractivity contribution >= 4 is 17.5 Å². The summed E-state index contributed by atoms with van der Waals surface area (Å²) in [4.78, 5) is 24.5. The predicted molar refractivity (Wildman–Crippen MR) is 98.0 cm³/mol. The fourth-order valence-corrected chi connectivity index (χ4v) is 3.26. The first-order valence-electron chi connectivity index (χ1n) is 9.42. The lowest BCUT2D eigenvalue weighted by Gasteiger charge is -2.27. The molecule has 1 fully saturated rings. The Balaban J connectivity index is 1.82. The number of nitrogens with one attached hydrogen (secondary N) is 2. The van der Waals surface area contributed by atoms with Gasteiger partial charge in [-0.25, -0.2) is 0 Å². The molecule has 1 aromatic carbocycles. The smallest absolute Gasteiger partial charge is 0.356 e. The maximum absolute atomic E-state index is 12.8. The van der Waals surface area contributed by atoms with E-state index in [1.54, 1.807) is 0 Å². The van der Waals surface area contributed by atoms with E-state index in [0.717, 1.165) is 18.6 Å². The minimum Gasteiger partial charge on any atom is -0.356 e. The molecular weight excluding hydrogens is 357 g/mol. The minimum atomic E-state index is -4.44. The maximum Gasteiger partial charge on any atom is 0.416 e. The molecule has 7 heteroatoms. The van der Waals surface area contributed by atoms with Gasteiger partial charge < -0.3 is 10.6 Å². The Morgan fingerprint density at radius 3 is 2.22 bits per heavy atom. The van der Waals surface area contributed by atoms with Crippen molar-refractivity contribution in [2.24, 2.45) is 17.8 Å². The topological polar surface area (TPSA) is 58.2 Å². The molecule has 0 spiro atoms. The van der Waals surface area contributed by atoms with Gasteiger partial charge in [-0.2, -0.15) is 13.2 Å². The highest BCUT2D eigenvalue weighted by atomic mass is 19.4. The molecule has 2 rings (SSSR count). The molecule has 4 nitrogen and oxygen atoms in total. The average Bonchev–Trinajstić information content (AvgIpc) is 2.61. The summed E-state index contributed by atoms with van der Waals surface area (Å²) in [6, 6.07) is 4.63. The van der Waals surface area contributed by atoms with Crippen molar-refractivity contribution in [3.63, 3.8) is 0 Å². The quantitative estimate of drug-likeness (QED) is 0.752. The van der Waals surface area contributed by atoms with E-state index in [1.807, 2.05) is 0 Å². The predicted octanol–water partition coefficient (Wildman–Crippen LogP) is 4.61. The van der Waals surface area contributed by atoms with Gasteiger partial charge in [-0.15, -0.1) is 0 Å². The highest BCUT2D eigenvalue weighted by Crippen LogP contribution is 2.32. The average molecular weight is 384 g/mol. The SMILES string of the molecule is CC(C)CCNC(=O)C1CCC(C(=O)Nc2cccc(C(F)(F)F)c2)CC1. The van der Waals surface area contributed by atoms with Gasteiger partial charge in [0.05, 0.1) is 5.56 Å². The van der Waals surface area contributed by atoms with Gasteiger partial charge in [-0.3, -0.25) is 9.59 Å². The lowest BCUT2D eigenvalue weighted by atomic mass is 9.81. The summed E-state index contributed by atoms with van der Waals surface area (Å²) >= 11 is 0. The van der Waals surface area contributed by atoms with E-state index in [9.17, 15) is 22.8 Å². The van der Waals surface area contributed by atoms with Gasteiger partial charge in [0.1, 0.15) is 0 Å². The summed E-state index contributed by atoms with van der Waals surface area (Å²) in [5.41, 5.74) is -0.648. The lowest BCUT2D eigenvalue weighted by Crippen LogP contribution is -2.36. The van der Waals surface area contributed by atoms with Crippen molar-refractivity contribution in [2.75, 3.05) is 11.9 Å². The molecular formula is C20H27F3N2O2. The lowest BCUT2D eigenvalue weighted by molar-refractivity contribution is -0.137. The van der Waals surface area contributed by atoms with Crippen molar-refractivity contribution < 1.29 is 22.8 Å². The van der Waals surface area contributed by atoms with E-state index in [1.165, 1.54) is 12.1 Å². The van der Waals surface area contributed by atoms with E-state index < -0.39 is 11.7 Å². The largest absolute Gasteiger partial charge is 0.416 e. The van der Waals surface area contributed by atoms with Crippen molar-refractivity contribution in [1.82, 2.24) is 5.32 Å². The monoisotopic (exact) mass is 384 g/mol. The fourth-order valence-electron chi connectivity index (χ4n) is 3.26. The maximum atomic E-state index is 12.8. The summed E-state index contributed by atoms with van der Waals surface area (Å²) < 4.78 is 38.3. The minimum absolute atomic E-state index is 0.0346. The van der Waals surface area contributed by atoms with Crippen LogP contribution in [-0.4, -0.2) is 18.4 Å². The molecule has 0 aliphatic heterocycles. The van der Waals surface area contributed by atoms with Crippen LogP contribution in [0, 0.1) is 17.8 Å². The normalized spacial score (nSPS) is 20.4. The van der Waals surface area contributed by atoms with Gasteiger partial charge >= 0.3 is 6.18 Å². The second kappa shape index (κ2) is 9.24. The van der Waals surface area contributed by atoms with E-state index in [-0.39, 0.29) is 29.3 Å². The zero-order valence-electron chi connectivity index (χ0n) is 15.7. The molecule has 2 amide bonds. The summed E-state index contributed by atoms with van der Waals surface area (Å²) in [7, 11) is 0. The zero-order chi connectivity index (χ0) is 20.0. The van der Waals surface area contributed by atoms with E-state index in [0.29, 0.717) is 38.1 Å². The van der Waals surface area contributed by atoms with Crippen molar-refractivity contribution in [1.29, 1.82) is 0 Å². The van der Waals surface area contributed by atoms with Crippen LogP contribution >= 0.6 is 0 Å². The molecule has 0 aromatic heterocycles. The van der Waals surface area contributed by atoms with Crippen LogP contribution in [0.15, 0.2) is 24.3 Å². The van der Waals surface area contributed by atoms with Crippen LogP contribution in [0.3, 0.4) is 0 Å². The van der Waals surface area contributed by atoms with Crippen molar-refractivity contribution in [2.45, 2.75) is 52.1 Å². The third-order valence-corrected chi connectivity index (χ3v) is 4.95.